The fourth-order valence-corrected chi connectivity index (χ4v) is 4.12. The Hall–Kier alpha value is -2.02. The molecule has 1 saturated heterocycles. The van der Waals surface area contributed by atoms with E-state index in [1.165, 1.54) is 16.0 Å². The van der Waals surface area contributed by atoms with E-state index in [-0.39, 0.29) is 0 Å². The number of hydrogen-bond donors (Lipinski definition) is 0. The van der Waals surface area contributed by atoms with E-state index in [4.69, 9.17) is 19.4 Å². The Bertz CT molecular complexity index is 915. The standard InChI is InChI=1S/C20H23N3O2S/c1-13-4-6-16(7-5-13)25-19-18-14(2)15(3)26-20(18)22-17(21-19)12-23-8-10-24-11-9-23/h4-7H,8-12H2,1-3H3. The summed E-state index contributed by atoms with van der Waals surface area (Å²) in [6.45, 7) is 10.4. The molecule has 1 aliphatic heterocycles. The molecule has 3 heterocycles. The van der Waals surface area contributed by atoms with Crippen LogP contribution in [-0.2, 0) is 11.3 Å². The van der Waals surface area contributed by atoms with Crippen molar-refractivity contribution in [2.75, 3.05) is 26.3 Å². The predicted octanol–water partition coefficient (Wildman–Crippen LogP) is 4.24. The lowest BCUT2D eigenvalue weighted by Crippen LogP contribution is -2.36. The number of nitrogens with zero attached hydrogens (tertiary/aromatic N) is 3. The fraction of sp³-hybridized carbons (Fsp3) is 0.400. The maximum Gasteiger partial charge on any atom is 0.231 e. The second-order valence-electron chi connectivity index (χ2n) is 6.71. The van der Waals surface area contributed by atoms with Gasteiger partial charge in [-0.05, 0) is 38.5 Å². The Balaban J connectivity index is 1.71. The zero-order valence-corrected chi connectivity index (χ0v) is 16.2. The molecule has 0 atom stereocenters. The molecule has 0 amide bonds. The Morgan fingerprint density at radius 1 is 1.08 bits per heavy atom. The predicted molar refractivity (Wildman–Crippen MR) is 104 cm³/mol. The van der Waals surface area contributed by atoms with Crippen molar-refractivity contribution in [2.24, 2.45) is 0 Å². The molecule has 0 radical (unpaired) electrons. The van der Waals surface area contributed by atoms with Crippen molar-refractivity contribution in [3.8, 4) is 11.6 Å². The first-order chi connectivity index (χ1) is 12.6. The van der Waals surface area contributed by atoms with Gasteiger partial charge in [0.15, 0.2) is 0 Å². The molecule has 4 rings (SSSR count). The molecule has 0 unspecified atom stereocenters. The number of thiophene rings is 1. The molecule has 6 heteroatoms. The van der Waals surface area contributed by atoms with Crippen LogP contribution in [0.15, 0.2) is 24.3 Å². The number of morpholine rings is 1. The van der Waals surface area contributed by atoms with Gasteiger partial charge in [-0.25, -0.2) is 4.98 Å². The minimum absolute atomic E-state index is 0.656. The smallest absolute Gasteiger partial charge is 0.231 e. The minimum Gasteiger partial charge on any atom is -0.438 e. The maximum atomic E-state index is 6.18. The molecule has 3 aromatic rings. The van der Waals surface area contributed by atoms with Crippen LogP contribution in [0.1, 0.15) is 21.8 Å². The number of aryl methyl sites for hydroxylation is 3. The molecule has 0 saturated carbocycles. The maximum absolute atomic E-state index is 6.18. The number of ether oxygens (including phenoxy) is 2. The highest BCUT2D eigenvalue weighted by molar-refractivity contribution is 7.18. The van der Waals surface area contributed by atoms with Crippen LogP contribution < -0.4 is 4.74 Å². The van der Waals surface area contributed by atoms with E-state index in [2.05, 4.69) is 25.7 Å². The van der Waals surface area contributed by atoms with Crippen LogP contribution in [0.5, 0.6) is 11.6 Å². The quantitative estimate of drug-likeness (QED) is 0.688. The van der Waals surface area contributed by atoms with Gasteiger partial charge in [-0.2, -0.15) is 4.98 Å². The van der Waals surface area contributed by atoms with Gasteiger partial charge in [0, 0.05) is 18.0 Å². The topological polar surface area (TPSA) is 47.5 Å². The zero-order chi connectivity index (χ0) is 18.1. The highest BCUT2D eigenvalue weighted by Gasteiger charge is 2.19. The summed E-state index contributed by atoms with van der Waals surface area (Å²) in [5.41, 5.74) is 2.41. The highest BCUT2D eigenvalue weighted by atomic mass is 32.1. The van der Waals surface area contributed by atoms with Gasteiger partial charge >= 0.3 is 0 Å². The first-order valence-corrected chi connectivity index (χ1v) is 9.73. The second kappa shape index (κ2) is 7.31. The van der Waals surface area contributed by atoms with Gasteiger partial charge in [0.05, 0.1) is 25.1 Å². The van der Waals surface area contributed by atoms with Gasteiger partial charge in [0.1, 0.15) is 16.4 Å². The van der Waals surface area contributed by atoms with Gasteiger partial charge < -0.3 is 9.47 Å². The summed E-state index contributed by atoms with van der Waals surface area (Å²) in [4.78, 5) is 14.2. The van der Waals surface area contributed by atoms with E-state index in [1.54, 1.807) is 11.3 Å². The Kier molecular flexibility index (Phi) is 4.89. The van der Waals surface area contributed by atoms with E-state index in [1.807, 2.05) is 24.3 Å². The van der Waals surface area contributed by atoms with Crippen molar-refractivity contribution in [1.82, 2.24) is 14.9 Å². The molecule has 0 aliphatic carbocycles. The second-order valence-corrected chi connectivity index (χ2v) is 7.92. The average Bonchev–Trinajstić information content (AvgIpc) is 2.92. The summed E-state index contributed by atoms with van der Waals surface area (Å²) in [5.74, 6) is 2.27. The summed E-state index contributed by atoms with van der Waals surface area (Å²) in [6, 6.07) is 8.07. The molecule has 136 valence electrons. The van der Waals surface area contributed by atoms with Crippen LogP contribution in [0.2, 0.25) is 0 Å². The molecular weight excluding hydrogens is 346 g/mol. The number of fused-ring (bicyclic) bond motifs is 1. The number of aromatic nitrogens is 2. The molecule has 2 aromatic heterocycles. The summed E-state index contributed by atoms with van der Waals surface area (Å²) in [5, 5.41) is 1.03. The van der Waals surface area contributed by atoms with Crippen LogP contribution in [0.25, 0.3) is 10.2 Å². The summed E-state index contributed by atoms with van der Waals surface area (Å²) in [6.07, 6.45) is 0. The Labute approximate surface area is 157 Å². The first-order valence-electron chi connectivity index (χ1n) is 8.91. The van der Waals surface area contributed by atoms with Gasteiger partial charge in [-0.1, -0.05) is 17.7 Å². The zero-order valence-electron chi connectivity index (χ0n) is 15.4. The van der Waals surface area contributed by atoms with Crippen molar-refractivity contribution in [3.05, 3.63) is 46.1 Å². The van der Waals surface area contributed by atoms with Crippen molar-refractivity contribution >= 4 is 21.6 Å². The lowest BCUT2D eigenvalue weighted by atomic mass is 10.2. The third-order valence-electron chi connectivity index (χ3n) is 4.75. The first kappa shape index (κ1) is 17.4. The van der Waals surface area contributed by atoms with E-state index in [9.17, 15) is 0 Å². The van der Waals surface area contributed by atoms with Crippen LogP contribution in [0.4, 0.5) is 0 Å². The molecule has 0 N–H and O–H groups in total. The Morgan fingerprint density at radius 2 is 1.81 bits per heavy atom. The lowest BCUT2D eigenvalue weighted by molar-refractivity contribution is 0.0330. The van der Waals surface area contributed by atoms with Crippen LogP contribution in [0.3, 0.4) is 0 Å². The monoisotopic (exact) mass is 369 g/mol. The third-order valence-corrected chi connectivity index (χ3v) is 5.85. The summed E-state index contributed by atoms with van der Waals surface area (Å²) < 4.78 is 11.6. The number of benzene rings is 1. The van der Waals surface area contributed by atoms with Gasteiger partial charge in [0.2, 0.25) is 5.88 Å². The summed E-state index contributed by atoms with van der Waals surface area (Å²) >= 11 is 1.71. The molecule has 1 aromatic carbocycles. The van der Waals surface area contributed by atoms with Crippen molar-refractivity contribution < 1.29 is 9.47 Å². The van der Waals surface area contributed by atoms with Crippen molar-refractivity contribution in [3.63, 3.8) is 0 Å². The minimum atomic E-state index is 0.656. The molecule has 1 aliphatic rings. The number of rotatable bonds is 4. The molecule has 1 fully saturated rings. The largest absolute Gasteiger partial charge is 0.438 e. The van der Waals surface area contributed by atoms with E-state index in [0.29, 0.717) is 5.88 Å². The lowest BCUT2D eigenvalue weighted by Gasteiger charge is -2.25. The van der Waals surface area contributed by atoms with Gasteiger partial charge in [-0.3, -0.25) is 4.90 Å². The fourth-order valence-electron chi connectivity index (χ4n) is 3.08. The number of hydrogen-bond acceptors (Lipinski definition) is 6. The van der Waals surface area contributed by atoms with Gasteiger partial charge in [0.25, 0.3) is 0 Å². The summed E-state index contributed by atoms with van der Waals surface area (Å²) in [7, 11) is 0. The molecule has 26 heavy (non-hydrogen) atoms. The van der Waals surface area contributed by atoms with Crippen LogP contribution in [-0.4, -0.2) is 41.2 Å². The van der Waals surface area contributed by atoms with Crippen molar-refractivity contribution in [1.29, 1.82) is 0 Å². The van der Waals surface area contributed by atoms with E-state index < -0.39 is 0 Å². The van der Waals surface area contributed by atoms with Crippen LogP contribution in [0, 0.1) is 20.8 Å². The van der Waals surface area contributed by atoms with Gasteiger partial charge in [-0.15, -0.1) is 11.3 Å². The van der Waals surface area contributed by atoms with Crippen LogP contribution >= 0.6 is 11.3 Å². The van der Waals surface area contributed by atoms with E-state index in [0.717, 1.165) is 54.6 Å². The molecule has 0 spiro atoms. The highest BCUT2D eigenvalue weighted by Crippen LogP contribution is 2.36. The molecular formula is C20H23N3O2S. The molecule has 0 bridgehead atoms. The molecule has 5 nitrogen and oxygen atoms in total. The third kappa shape index (κ3) is 3.58. The average molecular weight is 369 g/mol. The van der Waals surface area contributed by atoms with Crippen molar-refractivity contribution in [2.45, 2.75) is 27.3 Å². The Morgan fingerprint density at radius 3 is 2.54 bits per heavy atom. The normalized spacial score (nSPS) is 15.5. The van der Waals surface area contributed by atoms with E-state index >= 15 is 0 Å². The SMILES string of the molecule is Cc1ccc(Oc2nc(CN3CCOCC3)nc3sc(C)c(C)c23)cc1.